The van der Waals surface area contributed by atoms with Crippen molar-refractivity contribution in [3.63, 3.8) is 0 Å². The number of hydrogen-bond donors (Lipinski definition) is 0. The first-order valence-corrected chi connectivity index (χ1v) is 17.6. The third-order valence-corrected chi connectivity index (χ3v) is 10.4. The lowest BCUT2D eigenvalue weighted by Gasteiger charge is -2.27. The van der Waals surface area contributed by atoms with E-state index in [4.69, 9.17) is 0 Å². The van der Waals surface area contributed by atoms with Gasteiger partial charge in [-0.1, -0.05) is 158 Å². The summed E-state index contributed by atoms with van der Waals surface area (Å²) in [5.41, 5.74) is 8.19. The minimum atomic E-state index is 1.11. The first-order valence-electron chi connectivity index (χ1n) is 17.6. The Balaban J connectivity index is 1.15. The molecule has 0 bridgehead atoms. The van der Waals surface area contributed by atoms with Crippen LogP contribution in [0.2, 0.25) is 0 Å². The summed E-state index contributed by atoms with van der Waals surface area (Å²) in [5, 5.41) is 12.7. The third kappa shape index (κ3) is 5.02. The second-order valence-corrected chi connectivity index (χ2v) is 13.3. The molecule has 10 rings (SSSR count). The van der Waals surface area contributed by atoms with E-state index in [0.29, 0.717) is 0 Å². The van der Waals surface area contributed by atoms with Crippen molar-refractivity contribution in [1.82, 2.24) is 0 Å². The molecule has 0 aliphatic heterocycles. The summed E-state index contributed by atoms with van der Waals surface area (Å²) in [5.74, 6) is 0. The predicted octanol–water partition coefficient (Wildman–Crippen LogP) is 14.3. The molecular formula is C50H33N. The van der Waals surface area contributed by atoms with Gasteiger partial charge in [0.2, 0.25) is 0 Å². The summed E-state index contributed by atoms with van der Waals surface area (Å²) in [7, 11) is 0. The maximum atomic E-state index is 2.39. The standard InChI is InChI=1S/C50H33N/c1-2-11-34(12-3-1)39-15-10-16-42(31-39)51(43-30-27-37-22-21-35-13-4-6-17-44(35)49(37)33-43)41-28-25-38(26-29-41)48-32-40-24-23-36-14-5-7-18-45(36)50(40)47-20-9-8-19-46(47)48/h1-33H. The van der Waals surface area contributed by atoms with Crippen LogP contribution in [0, 0.1) is 0 Å². The van der Waals surface area contributed by atoms with Gasteiger partial charge in [0.05, 0.1) is 0 Å². The zero-order valence-electron chi connectivity index (χ0n) is 28.0. The highest BCUT2D eigenvalue weighted by Gasteiger charge is 2.17. The fourth-order valence-corrected chi connectivity index (χ4v) is 7.94. The third-order valence-electron chi connectivity index (χ3n) is 10.4. The zero-order chi connectivity index (χ0) is 33.7. The normalized spacial score (nSPS) is 11.5. The van der Waals surface area contributed by atoms with Crippen molar-refractivity contribution in [2.75, 3.05) is 4.90 Å². The van der Waals surface area contributed by atoms with Gasteiger partial charge in [-0.25, -0.2) is 0 Å². The predicted molar refractivity (Wildman–Crippen MR) is 220 cm³/mol. The number of fused-ring (bicyclic) bond motifs is 8. The Labute approximate surface area is 297 Å². The number of hydrogen-bond acceptors (Lipinski definition) is 1. The quantitative estimate of drug-likeness (QED) is 0.168. The molecule has 0 aromatic heterocycles. The van der Waals surface area contributed by atoms with Gasteiger partial charge in [0.15, 0.2) is 0 Å². The van der Waals surface area contributed by atoms with E-state index in [9.17, 15) is 0 Å². The summed E-state index contributed by atoms with van der Waals surface area (Å²) in [4.78, 5) is 2.39. The molecule has 238 valence electrons. The summed E-state index contributed by atoms with van der Waals surface area (Å²) in [6.07, 6.45) is 0. The molecule has 10 aromatic rings. The van der Waals surface area contributed by atoms with Gasteiger partial charge in [0.1, 0.15) is 0 Å². The van der Waals surface area contributed by atoms with Crippen LogP contribution in [0.1, 0.15) is 0 Å². The molecule has 0 unspecified atom stereocenters. The van der Waals surface area contributed by atoms with Gasteiger partial charge in [-0.2, -0.15) is 0 Å². The van der Waals surface area contributed by atoms with E-state index in [1.807, 2.05) is 0 Å². The van der Waals surface area contributed by atoms with Crippen LogP contribution in [-0.2, 0) is 0 Å². The zero-order valence-corrected chi connectivity index (χ0v) is 28.0. The van der Waals surface area contributed by atoms with Crippen LogP contribution in [0.25, 0.3) is 76.1 Å². The van der Waals surface area contributed by atoms with Crippen LogP contribution >= 0.6 is 0 Å². The Morgan fingerprint density at radius 1 is 0.255 bits per heavy atom. The van der Waals surface area contributed by atoms with Crippen LogP contribution in [0.4, 0.5) is 17.1 Å². The fourth-order valence-electron chi connectivity index (χ4n) is 7.94. The van der Waals surface area contributed by atoms with Gasteiger partial charge in [-0.15, -0.1) is 0 Å². The molecule has 0 saturated carbocycles. The summed E-state index contributed by atoms with van der Waals surface area (Å²) in [6.45, 7) is 0. The van der Waals surface area contributed by atoms with E-state index in [-0.39, 0.29) is 0 Å². The molecule has 0 aliphatic rings. The van der Waals surface area contributed by atoms with Crippen LogP contribution < -0.4 is 4.90 Å². The molecule has 0 radical (unpaired) electrons. The average molecular weight is 648 g/mol. The molecule has 1 nitrogen and oxygen atoms in total. The van der Waals surface area contributed by atoms with E-state index >= 15 is 0 Å². The van der Waals surface area contributed by atoms with Crippen molar-refractivity contribution in [2.24, 2.45) is 0 Å². The lowest BCUT2D eigenvalue weighted by molar-refractivity contribution is 1.29. The second kappa shape index (κ2) is 12.0. The highest BCUT2D eigenvalue weighted by Crippen LogP contribution is 2.42. The summed E-state index contributed by atoms with van der Waals surface area (Å²) in [6, 6.07) is 73.1. The Morgan fingerprint density at radius 2 is 0.804 bits per heavy atom. The summed E-state index contributed by atoms with van der Waals surface area (Å²) < 4.78 is 0. The Bertz CT molecular complexity index is 2900. The van der Waals surface area contributed by atoms with Crippen molar-refractivity contribution in [3.8, 4) is 22.3 Å². The Kier molecular flexibility index (Phi) is 6.89. The molecule has 0 atom stereocenters. The molecule has 0 fully saturated rings. The number of benzene rings is 10. The smallest absolute Gasteiger partial charge is 0.0468 e. The lowest BCUT2D eigenvalue weighted by Crippen LogP contribution is -2.10. The van der Waals surface area contributed by atoms with Crippen LogP contribution in [-0.4, -0.2) is 0 Å². The highest BCUT2D eigenvalue weighted by atomic mass is 15.1. The van der Waals surface area contributed by atoms with Crippen molar-refractivity contribution in [2.45, 2.75) is 0 Å². The molecule has 1 heteroatoms. The van der Waals surface area contributed by atoms with E-state index < -0.39 is 0 Å². The minimum absolute atomic E-state index is 1.11. The van der Waals surface area contributed by atoms with Crippen LogP contribution in [0.5, 0.6) is 0 Å². The maximum absolute atomic E-state index is 2.39. The maximum Gasteiger partial charge on any atom is 0.0468 e. The average Bonchev–Trinajstić information content (AvgIpc) is 3.21. The molecule has 0 saturated heterocycles. The SMILES string of the molecule is c1ccc(-c2cccc(N(c3ccc(-c4cc5ccc6ccccc6c5c5ccccc45)cc3)c3ccc4ccc5ccccc5c4c3)c2)cc1. The van der Waals surface area contributed by atoms with E-state index in [1.54, 1.807) is 0 Å². The second-order valence-electron chi connectivity index (χ2n) is 13.3. The number of rotatable bonds is 5. The first-order chi connectivity index (χ1) is 25.3. The van der Waals surface area contributed by atoms with E-state index in [1.165, 1.54) is 76.1 Å². The molecule has 10 aromatic carbocycles. The van der Waals surface area contributed by atoms with Gasteiger partial charge >= 0.3 is 0 Å². The molecule has 0 amide bonds. The lowest BCUT2D eigenvalue weighted by atomic mass is 9.90. The highest BCUT2D eigenvalue weighted by molar-refractivity contribution is 6.23. The minimum Gasteiger partial charge on any atom is -0.310 e. The van der Waals surface area contributed by atoms with Crippen molar-refractivity contribution < 1.29 is 0 Å². The van der Waals surface area contributed by atoms with Gasteiger partial charge in [-0.05, 0) is 119 Å². The molecule has 0 aliphatic carbocycles. The van der Waals surface area contributed by atoms with Crippen LogP contribution in [0.3, 0.4) is 0 Å². The van der Waals surface area contributed by atoms with Gasteiger partial charge in [0.25, 0.3) is 0 Å². The molecule has 51 heavy (non-hydrogen) atoms. The van der Waals surface area contributed by atoms with E-state index in [0.717, 1.165) is 17.1 Å². The van der Waals surface area contributed by atoms with Crippen LogP contribution in [0.15, 0.2) is 200 Å². The van der Waals surface area contributed by atoms with Crippen molar-refractivity contribution in [1.29, 1.82) is 0 Å². The first kappa shape index (κ1) is 29.2. The Morgan fingerprint density at radius 3 is 1.59 bits per heavy atom. The monoisotopic (exact) mass is 647 g/mol. The largest absolute Gasteiger partial charge is 0.310 e. The van der Waals surface area contributed by atoms with Gasteiger partial charge in [0, 0.05) is 17.1 Å². The summed E-state index contributed by atoms with van der Waals surface area (Å²) >= 11 is 0. The van der Waals surface area contributed by atoms with Crippen molar-refractivity contribution >= 4 is 70.9 Å². The van der Waals surface area contributed by atoms with Gasteiger partial charge < -0.3 is 4.90 Å². The Hall–Kier alpha value is -6.70. The topological polar surface area (TPSA) is 3.24 Å². The van der Waals surface area contributed by atoms with Gasteiger partial charge in [-0.3, -0.25) is 0 Å². The number of nitrogens with zero attached hydrogens (tertiary/aromatic N) is 1. The molecule has 0 N–H and O–H groups in total. The molecule has 0 heterocycles. The van der Waals surface area contributed by atoms with E-state index in [2.05, 4.69) is 205 Å². The number of anilines is 3. The molecular weight excluding hydrogens is 615 g/mol. The molecule has 0 spiro atoms. The van der Waals surface area contributed by atoms with Crippen molar-refractivity contribution in [3.05, 3.63) is 200 Å². The fraction of sp³-hybridized carbons (Fsp3) is 0.